The zero-order valence-corrected chi connectivity index (χ0v) is 20.7. The van der Waals surface area contributed by atoms with Crippen LogP contribution in [0.2, 0.25) is 0 Å². The molecular weight excluding hydrogens is 484 g/mol. The second kappa shape index (κ2) is 11.1. The Kier molecular flexibility index (Phi) is 7.69. The zero-order valence-electron chi connectivity index (χ0n) is 19.0. The minimum atomic E-state index is -0.462. The van der Waals surface area contributed by atoms with Crippen LogP contribution >= 0.6 is 24.0 Å². The van der Waals surface area contributed by atoms with Crippen LogP contribution in [0.5, 0.6) is 17.2 Å². The fraction of sp³-hybridized carbons (Fsp3) is 0.115. The summed E-state index contributed by atoms with van der Waals surface area (Å²) in [6, 6.07) is 21.7. The monoisotopic (exact) mass is 506 g/mol. The van der Waals surface area contributed by atoms with Gasteiger partial charge in [-0.25, -0.2) is 0 Å². The molecule has 9 heteroatoms. The molecule has 0 aromatic heterocycles. The number of benzene rings is 3. The van der Waals surface area contributed by atoms with Gasteiger partial charge < -0.3 is 14.2 Å². The van der Waals surface area contributed by atoms with Crippen molar-refractivity contribution in [3.63, 3.8) is 0 Å². The minimum absolute atomic E-state index is 0.222. The Morgan fingerprint density at radius 2 is 1.71 bits per heavy atom. The summed E-state index contributed by atoms with van der Waals surface area (Å²) in [6.07, 6.45) is 1.66. The Hall–Kier alpha value is -3.82. The van der Waals surface area contributed by atoms with E-state index in [4.69, 9.17) is 26.4 Å². The van der Waals surface area contributed by atoms with E-state index in [0.29, 0.717) is 39.9 Å². The molecule has 0 bridgehead atoms. The fourth-order valence-corrected chi connectivity index (χ4v) is 4.44. The van der Waals surface area contributed by atoms with Crippen LogP contribution in [-0.2, 0) is 11.4 Å². The molecule has 1 heterocycles. The van der Waals surface area contributed by atoms with E-state index in [1.807, 2.05) is 30.3 Å². The van der Waals surface area contributed by atoms with Gasteiger partial charge in [0.1, 0.15) is 23.9 Å². The summed E-state index contributed by atoms with van der Waals surface area (Å²) in [5.41, 5.74) is 4.65. The zero-order chi connectivity index (χ0) is 24.8. The van der Waals surface area contributed by atoms with Crippen molar-refractivity contribution in [3.8, 4) is 17.2 Å². The maximum Gasteiger partial charge on any atom is 0.285 e. The van der Waals surface area contributed by atoms with E-state index in [2.05, 4.69) is 5.43 Å². The van der Waals surface area contributed by atoms with E-state index < -0.39 is 11.8 Å². The summed E-state index contributed by atoms with van der Waals surface area (Å²) in [6.45, 7) is 0.424. The van der Waals surface area contributed by atoms with Gasteiger partial charge in [-0.3, -0.25) is 15.0 Å². The van der Waals surface area contributed by atoms with E-state index in [1.165, 1.54) is 0 Å². The van der Waals surface area contributed by atoms with Gasteiger partial charge in [-0.1, -0.05) is 42.1 Å². The number of hydrogen-bond donors (Lipinski definition) is 1. The first kappa shape index (κ1) is 24.3. The highest BCUT2D eigenvalue weighted by atomic mass is 32.2. The van der Waals surface area contributed by atoms with Gasteiger partial charge in [-0.15, -0.1) is 0 Å². The molecule has 7 nitrogen and oxygen atoms in total. The second-order valence-electron chi connectivity index (χ2n) is 7.36. The van der Waals surface area contributed by atoms with Crippen LogP contribution in [-0.4, -0.2) is 35.4 Å². The van der Waals surface area contributed by atoms with Gasteiger partial charge in [0.25, 0.3) is 11.8 Å². The maximum absolute atomic E-state index is 13.0. The Labute approximate surface area is 212 Å². The Morgan fingerprint density at radius 1 is 1.00 bits per heavy atom. The Bertz CT molecular complexity index is 1280. The van der Waals surface area contributed by atoms with E-state index in [0.717, 1.165) is 22.3 Å². The number of thiocarbonyl (C=S) groups is 1. The van der Waals surface area contributed by atoms with Gasteiger partial charge in [0.05, 0.1) is 19.1 Å². The van der Waals surface area contributed by atoms with Crippen molar-refractivity contribution < 1.29 is 23.8 Å². The lowest BCUT2D eigenvalue weighted by Crippen LogP contribution is -2.44. The van der Waals surface area contributed by atoms with Gasteiger partial charge in [0.2, 0.25) is 0 Å². The SMILES string of the molecule is COc1ccc(OC)c(/C=C2/SC(=S)N(NC(=O)c3ccc(OCc4ccccc4)cc3)C2=O)c1. The average Bonchev–Trinajstić information content (AvgIpc) is 3.15. The van der Waals surface area contributed by atoms with Gasteiger partial charge >= 0.3 is 0 Å². The van der Waals surface area contributed by atoms with Gasteiger partial charge in [-0.05, 0) is 66.3 Å². The molecule has 0 aliphatic carbocycles. The molecule has 1 N–H and O–H groups in total. The number of rotatable bonds is 8. The first-order chi connectivity index (χ1) is 17.0. The third-order valence-corrected chi connectivity index (χ3v) is 6.40. The maximum atomic E-state index is 13.0. The van der Waals surface area contributed by atoms with Crippen LogP contribution in [0.25, 0.3) is 6.08 Å². The number of ether oxygens (including phenoxy) is 3. The Morgan fingerprint density at radius 3 is 2.40 bits per heavy atom. The number of carbonyl (C=O) groups is 2. The molecule has 0 atom stereocenters. The van der Waals surface area contributed by atoms with Gasteiger partial charge in [0, 0.05) is 11.1 Å². The van der Waals surface area contributed by atoms with Crippen molar-refractivity contribution in [2.24, 2.45) is 0 Å². The van der Waals surface area contributed by atoms with E-state index >= 15 is 0 Å². The highest BCUT2D eigenvalue weighted by molar-refractivity contribution is 8.26. The van der Waals surface area contributed by atoms with Crippen molar-refractivity contribution >= 4 is 46.2 Å². The molecule has 4 rings (SSSR count). The van der Waals surface area contributed by atoms with Gasteiger partial charge in [0.15, 0.2) is 4.32 Å². The molecule has 1 aliphatic heterocycles. The van der Waals surface area contributed by atoms with Crippen molar-refractivity contribution in [2.75, 3.05) is 14.2 Å². The number of hydrogen-bond acceptors (Lipinski definition) is 7. The number of carbonyl (C=O) groups excluding carboxylic acids is 2. The predicted octanol–water partition coefficient (Wildman–Crippen LogP) is 4.83. The number of thioether (sulfide) groups is 1. The summed E-state index contributed by atoms with van der Waals surface area (Å²) >= 11 is 6.42. The molecule has 0 saturated carbocycles. The third-order valence-electron chi connectivity index (χ3n) is 5.10. The smallest absolute Gasteiger partial charge is 0.285 e. The molecule has 178 valence electrons. The lowest BCUT2D eigenvalue weighted by molar-refractivity contribution is -0.123. The standard InChI is InChI=1S/C26H22N2O5S2/c1-31-21-12-13-22(32-2)19(14-21)15-23-25(30)28(26(34)35-23)27-24(29)18-8-10-20(11-9-18)33-16-17-6-4-3-5-7-17/h3-15H,16H2,1-2H3,(H,27,29)/b23-15+. The van der Waals surface area contributed by atoms with Gasteiger partial charge in [-0.2, -0.15) is 5.01 Å². The molecule has 35 heavy (non-hydrogen) atoms. The van der Waals surface area contributed by atoms with Crippen molar-refractivity contribution in [1.82, 2.24) is 10.4 Å². The molecule has 1 saturated heterocycles. The minimum Gasteiger partial charge on any atom is -0.497 e. The van der Waals surface area contributed by atoms with Crippen LogP contribution in [0.3, 0.4) is 0 Å². The van der Waals surface area contributed by atoms with E-state index in [-0.39, 0.29) is 4.32 Å². The quantitative estimate of drug-likeness (QED) is 0.346. The summed E-state index contributed by atoms with van der Waals surface area (Å²) < 4.78 is 16.6. The van der Waals surface area contributed by atoms with E-state index in [1.54, 1.807) is 62.8 Å². The molecule has 0 unspecified atom stereocenters. The number of amides is 2. The first-order valence-corrected chi connectivity index (χ1v) is 11.8. The van der Waals surface area contributed by atoms with Crippen molar-refractivity contribution in [3.05, 3.63) is 94.4 Å². The van der Waals surface area contributed by atoms with Crippen LogP contribution < -0.4 is 19.6 Å². The van der Waals surface area contributed by atoms with Crippen LogP contribution in [0.4, 0.5) is 0 Å². The highest BCUT2D eigenvalue weighted by Gasteiger charge is 2.34. The van der Waals surface area contributed by atoms with Crippen molar-refractivity contribution in [2.45, 2.75) is 6.61 Å². The summed E-state index contributed by atoms with van der Waals surface area (Å²) in [4.78, 5) is 26.1. The van der Waals surface area contributed by atoms with E-state index in [9.17, 15) is 9.59 Å². The molecule has 1 aliphatic rings. The summed E-state index contributed by atoms with van der Waals surface area (Å²) in [7, 11) is 3.10. The number of nitrogens with one attached hydrogen (secondary N) is 1. The number of methoxy groups -OCH3 is 2. The third kappa shape index (κ3) is 5.82. The molecule has 1 fully saturated rings. The average molecular weight is 507 g/mol. The lowest BCUT2D eigenvalue weighted by Gasteiger charge is -2.16. The predicted molar refractivity (Wildman–Crippen MR) is 139 cm³/mol. The largest absolute Gasteiger partial charge is 0.497 e. The van der Waals surface area contributed by atoms with Crippen LogP contribution in [0.15, 0.2) is 77.7 Å². The molecule has 3 aromatic rings. The lowest BCUT2D eigenvalue weighted by atomic mass is 10.1. The topological polar surface area (TPSA) is 77.1 Å². The first-order valence-electron chi connectivity index (χ1n) is 10.6. The number of hydrazine groups is 1. The summed E-state index contributed by atoms with van der Waals surface area (Å²) in [5, 5.41) is 1.07. The molecule has 0 radical (unpaired) electrons. The second-order valence-corrected chi connectivity index (χ2v) is 9.04. The normalized spacial score (nSPS) is 14.2. The Balaban J connectivity index is 1.42. The van der Waals surface area contributed by atoms with Crippen LogP contribution in [0, 0.1) is 0 Å². The summed E-state index contributed by atoms with van der Waals surface area (Å²) in [5.74, 6) is 0.940. The van der Waals surface area contributed by atoms with Crippen LogP contribution in [0.1, 0.15) is 21.5 Å². The molecule has 3 aromatic carbocycles. The highest BCUT2D eigenvalue weighted by Crippen LogP contribution is 2.34. The number of nitrogens with zero attached hydrogens (tertiary/aromatic N) is 1. The molecular formula is C26H22N2O5S2. The molecule has 2 amide bonds. The molecule has 0 spiro atoms. The fourth-order valence-electron chi connectivity index (χ4n) is 3.27. The van der Waals surface area contributed by atoms with Crippen molar-refractivity contribution in [1.29, 1.82) is 0 Å².